The molecular formula is C21H21N3O5. The number of amides is 3. The Morgan fingerprint density at radius 2 is 1.59 bits per heavy atom. The van der Waals surface area contributed by atoms with Crippen LogP contribution in [0.15, 0.2) is 59.4 Å². The standard InChI is InChI=1S/C21H21N3O5/c1-13-9-18(27-2)19(28-3)11-17(13)24-21(26)23-16-6-4-5-15(10-16)22-20(25)14-7-8-29-12-14/h4-12H,1-3H3,(H,22,25)(H2,23,24,26). The largest absolute Gasteiger partial charge is 0.493 e. The zero-order chi connectivity index (χ0) is 20.8. The van der Waals surface area contributed by atoms with Crippen molar-refractivity contribution in [3.05, 3.63) is 66.1 Å². The highest BCUT2D eigenvalue weighted by molar-refractivity contribution is 6.05. The van der Waals surface area contributed by atoms with Crippen molar-refractivity contribution in [3.8, 4) is 11.5 Å². The van der Waals surface area contributed by atoms with Crippen LogP contribution in [0.5, 0.6) is 11.5 Å². The van der Waals surface area contributed by atoms with Gasteiger partial charge in [0.25, 0.3) is 5.91 Å². The number of nitrogens with one attached hydrogen (secondary N) is 3. The number of benzene rings is 2. The van der Waals surface area contributed by atoms with Crippen LogP contribution >= 0.6 is 0 Å². The molecule has 0 fully saturated rings. The van der Waals surface area contributed by atoms with E-state index >= 15 is 0 Å². The molecule has 3 N–H and O–H groups in total. The van der Waals surface area contributed by atoms with Gasteiger partial charge >= 0.3 is 6.03 Å². The van der Waals surface area contributed by atoms with Crippen molar-refractivity contribution in [1.82, 2.24) is 0 Å². The maximum absolute atomic E-state index is 12.4. The van der Waals surface area contributed by atoms with Crippen molar-refractivity contribution < 1.29 is 23.5 Å². The minimum Gasteiger partial charge on any atom is -0.493 e. The van der Waals surface area contributed by atoms with Crippen LogP contribution in [-0.2, 0) is 0 Å². The Kier molecular flexibility index (Phi) is 6.03. The fourth-order valence-electron chi connectivity index (χ4n) is 2.67. The highest BCUT2D eigenvalue weighted by Gasteiger charge is 2.12. The Balaban J connectivity index is 1.67. The van der Waals surface area contributed by atoms with Crippen LogP contribution in [0, 0.1) is 6.92 Å². The average Bonchev–Trinajstić information content (AvgIpc) is 3.24. The first-order valence-electron chi connectivity index (χ1n) is 8.74. The second kappa shape index (κ2) is 8.83. The molecule has 150 valence electrons. The SMILES string of the molecule is COc1cc(C)c(NC(=O)Nc2cccc(NC(=O)c3ccoc3)c2)cc1OC. The van der Waals surface area contributed by atoms with Crippen LogP contribution in [0.2, 0.25) is 0 Å². The van der Waals surface area contributed by atoms with E-state index in [1.807, 2.05) is 6.92 Å². The maximum Gasteiger partial charge on any atom is 0.323 e. The fraction of sp³-hybridized carbons (Fsp3) is 0.143. The summed E-state index contributed by atoms with van der Waals surface area (Å²) in [6, 6.07) is 11.4. The molecule has 29 heavy (non-hydrogen) atoms. The Hall–Kier alpha value is -3.94. The summed E-state index contributed by atoms with van der Waals surface area (Å²) in [5.74, 6) is 0.788. The van der Waals surface area contributed by atoms with E-state index in [-0.39, 0.29) is 5.91 Å². The Morgan fingerprint density at radius 3 is 2.24 bits per heavy atom. The predicted molar refractivity (Wildman–Crippen MR) is 110 cm³/mol. The molecule has 0 aliphatic carbocycles. The molecule has 0 bridgehead atoms. The second-order valence-corrected chi connectivity index (χ2v) is 6.15. The highest BCUT2D eigenvalue weighted by Crippen LogP contribution is 2.33. The summed E-state index contributed by atoms with van der Waals surface area (Å²) >= 11 is 0. The summed E-state index contributed by atoms with van der Waals surface area (Å²) in [5.41, 5.74) is 2.87. The predicted octanol–water partition coefficient (Wildman–Crippen LogP) is 4.50. The van der Waals surface area contributed by atoms with Crippen molar-refractivity contribution in [1.29, 1.82) is 0 Å². The van der Waals surface area contributed by atoms with Gasteiger partial charge in [0, 0.05) is 23.1 Å². The summed E-state index contributed by atoms with van der Waals surface area (Å²) in [4.78, 5) is 24.5. The first-order chi connectivity index (χ1) is 14.0. The number of furan rings is 1. The van der Waals surface area contributed by atoms with Gasteiger partial charge in [-0.1, -0.05) is 6.07 Å². The Bertz CT molecular complexity index is 1020. The third-order valence-corrected chi connectivity index (χ3v) is 4.14. The van der Waals surface area contributed by atoms with Gasteiger partial charge < -0.3 is 29.8 Å². The zero-order valence-corrected chi connectivity index (χ0v) is 16.2. The number of hydrogen-bond donors (Lipinski definition) is 3. The summed E-state index contributed by atoms with van der Waals surface area (Å²) in [7, 11) is 3.08. The van der Waals surface area contributed by atoms with Gasteiger partial charge in [-0.05, 0) is 42.8 Å². The molecule has 3 rings (SSSR count). The van der Waals surface area contributed by atoms with Crippen molar-refractivity contribution in [2.45, 2.75) is 6.92 Å². The van der Waals surface area contributed by atoms with Gasteiger partial charge in [0.15, 0.2) is 11.5 Å². The van der Waals surface area contributed by atoms with Crippen LogP contribution in [0.4, 0.5) is 21.9 Å². The van der Waals surface area contributed by atoms with Crippen LogP contribution in [0.1, 0.15) is 15.9 Å². The molecule has 0 aliphatic rings. The lowest BCUT2D eigenvalue weighted by molar-refractivity contribution is 0.102. The molecule has 1 heterocycles. The smallest absolute Gasteiger partial charge is 0.323 e. The van der Waals surface area contributed by atoms with E-state index in [0.29, 0.717) is 34.1 Å². The lowest BCUT2D eigenvalue weighted by Crippen LogP contribution is -2.20. The van der Waals surface area contributed by atoms with Gasteiger partial charge in [-0.2, -0.15) is 0 Å². The van der Waals surface area contributed by atoms with E-state index in [0.717, 1.165) is 5.56 Å². The van der Waals surface area contributed by atoms with E-state index < -0.39 is 6.03 Å². The number of urea groups is 1. The van der Waals surface area contributed by atoms with E-state index in [4.69, 9.17) is 13.9 Å². The maximum atomic E-state index is 12.4. The first kappa shape index (κ1) is 19.8. The molecule has 8 heteroatoms. The van der Waals surface area contributed by atoms with Gasteiger partial charge in [-0.15, -0.1) is 0 Å². The summed E-state index contributed by atoms with van der Waals surface area (Å²) < 4.78 is 15.4. The zero-order valence-electron chi connectivity index (χ0n) is 16.2. The molecule has 3 amide bonds. The van der Waals surface area contributed by atoms with Crippen molar-refractivity contribution in [3.63, 3.8) is 0 Å². The van der Waals surface area contributed by atoms with Gasteiger partial charge in [0.2, 0.25) is 0 Å². The molecule has 0 saturated heterocycles. The van der Waals surface area contributed by atoms with Crippen LogP contribution in [-0.4, -0.2) is 26.2 Å². The number of methoxy groups -OCH3 is 2. The fourth-order valence-corrected chi connectivity index (χ4v) is 2.67. The second-order valence-electron chi connectivity index (χ2n) is 6.15. The number of carbonyl (C=O) groups excluding carboxylic acids is 2. The molecule has 2 aromatic carbocycles. The van der Waals surface area contributed by atoms with Crippen molar-refractivity contribution in [2.75, 3.05) is 30.2 Å². The lowest BCUT2D eigenvalue weighted by Gasteiger charge is -2.14. The number of anilines is 3. The van der Waals surface area contributed by atoms with Gasteiger partial charge in [0.1, 0.15) is 6.26 Å². The van der Waals surface area contributed by atoms with Crippen LogP contribution < -0.4 is 25.4 Å². The quantitative estimate of drug-likeness (QED) is 0.570. The number of carbonyl (C=O) groups is 2. The number of aryl methyl sites for hydroxylation is 1. The van der Waals surface area contributed by atoms with Gasteiger partial charge in [-0.25, -0.2) is 4.79 Å². The Labute approximate surface area is 167 Å². The van der Waals surface area contributed by atoms with Crippen LogP contribution in [0.3, 0.4) is 0 Å². The Morgan fingerprint density at radius 1 is 0.897 bits per heavy atom. The van der Waals surface area contributed by atoms with Crippen molar-refractivity contribution in [2.24, 2.45) is 0 Å². The van der Waals surface area contributed by atoms with Gasteiger partial charge in [0.05, 0.1) is 26.0 Å². The highest BCUT2D eigenvalue weighted by atomic mass is 16.5. The number of hydrogen-bond acceptors (Lipinski definition) is 5. The van der Waals surface area contributed by atoms with E-state index in [1.54, 1.807) is 49.6 Å². The minimum absolute atomic E-state index is 0.304. The van der Waals surface area contributed by atoms with Crippen LogP contribution in [0.25, 0.3) is 0 Å². The average molecular weight is 395 g/mol. The first-order valence-corrected chi connectivity index (χ1v) is 8.74. The molecule has 1 aromatic heterocycles. The molecule has 0 atom stereocenters. The molecule has 0 unspecified atom stereocenters. The van der Waals surface area contributed by atoms with Gasteiger partial charge in [-0.3, -0.25) is 4.79 Å². The summed E-state index contributed by atoms with van der Waals surface area (Å²) in [5, 5.41) is 8.27. The topological polar surface area (TPSA) is 102 Å². The molecule has 3 aromatic rings. The molecule has 0 radical (unpaired) electrons. The molecule has 8 nitrogen and oxygen atoms in total. The van der Waals surface area contributed by atoms with E-state index in [1.165, 1.54) is 19.6 Å². The summed E-state index contributed by atoms with van der Waals surface area (Å²) in [6.07, 6.45) is 2.78. The van der Waals surface area contributed by atoms with E-state index in [2.05, 4.69) is 16.0 Å². The lowest BCUT2D eigenvalue weighted by atomic mass is 10.1. The molecular weight excluding hydrogens is 374 g/mol. The van der Waals surface area contributed by atoms with E-state index in [9.17, 15) is 9.59 Å². The number of rotatable bonds is 6. The molecule has 0 saturated carbocycles. The summed E-state index contributed by atoms with van der Waals surface area (Å²) in [6.45, 7) is 1.85. The normalized spacial score (nSPS) is 10.2. The molecule has 0 aliphatic heterocycles. The monoisotopic (exact) mass is 395 g/mol. The molecule has 0 spiro atoms. The van der Waals surface area contributed by atoms with Crippen molar-refractivity contribution >= 4 is 29.0 Å². The number of ether oxygens (including phenoxy) is 2. The third-order valence-electron chi connectivity index (χ3n) is 4.14. The minimum atomic E-state index is -0.432. The third kappa shape index (κ3) is 4.86.